The SMILES string of the molecule is CC(=O)OCCN1C(=CC=Cc2n(CCOC(C)=O)c3cc(Cl)c(Cl)cc3[n+]2CCOC(C)=O)N(CCOC(C)=O)c2cc(Cl)c(Cl)cc21. The van der Waals surface area contributed by atoms with Crippen molar-refractivity contribution in [2.75, 3.05) is 49.3 Å². The highest BCUT2D eigenvalue weighted by molar-refractivity contribution is 6.43. The molecule has 1 aliphatic rings. The quantitative estimate of drug-likeness (QED) is 0.111. The van der Waals surface area contributed by atoms with Gasteiger partial charge in [0.15, 0.2) is 11.0 Å². The largest absolute Gasteiger partial charge is 0.464 e. The summed E-state index contributed by atoms with van der Waals surface area (Å²) in [5, 5.41) is 1.33. The minimum absolute atomic E-state index is 0.0793. The van der Waals surface area contributed by atoms with E-state index in [4.69, 9.17) is 65.4 Å². The van der Waals surface area contributed by atoms with Crippen molar-refractivity contribution in [3.63, 3.8) is 0 Å². The van der Waals surface area contributed by atoms with E-state index in [1.54, 1.807) is 24.3 Å². The van der Waals surface area contributed by atoms with Crippen LogP contribution >= 0.6 is 46.4 Å². The van der Waals surface area contributed by atoms with Crippen molar-refractivity contribution in [2.45, 2.75) is 40.8 Å². The monoisotopic (exact) mass is 755 g/mol. The summed E-state index contributed by atoms with van der Waals surface area (Å²) in [5.74, 6) is -0.388. The topological polar surface area (TPSA) is 120 Å². The number of aromatic nitrogens is 2. The van der Waals surface area contributed by atoms with Crippen molar-refractivity contribution in [1.82, 2.24) is 4.57 Å². The average Bonchev–Trinajstić information content (AvgIpc) is 3.43. The van der Waals surface area contributed by atoms with Crippen LogP contribution in [-0.4, -0.2) is 68.0 Å². The van der Waals surface area contributed by atoms with Crippen molar-refractivity contribution < 1.29 is 42.7 Å². The van der Waals surface area contributed by atoms with Gasteiger partial charge in [0.2, 0.25) is 0 Å². The van der Waals surface area contributed by atoms with Crippen LogP contribution in [0.1, 0.15) is 33.5 Å². The van der Waals surface area contributed by atoms with Crippen LogP contribution in [0, 0.1) is 0 Å². The van der Waals surface area contributed by atoms with Gasteiger partial charge in [-0.05, 0) is 18.2 Å². The summed E-state index contributed by atoms with van der Waals surface area (Å²) < 4.78 is 24.9. The molecular weight excluding hydrogens is 722 g/mol. The number of carbonyl (C=O) groups is 4. The molecule has 0 saturated carbocycles. The van der Waals surface area contributed by atoms with Gasteiger partial charge in [0.05, 0.1) is 44.6 Å². The van der Waals surface area contributed by atoms with E-state index in [9.17, 15) is 19.2 Å². The van der Waals surface area contributed by atoms with Crippen LogP contribution in [0.15, 0.2) is 42.2 Å². The van der Waals surface area contributed by atoms with Crippen molar-refractivity contribution >= 4 is 98.8 Å². The number of esters is 4. The van der Waals surface area contributed by atoms with Gasteiger partial charge in [-0.25, -0.2) is 9.13 Å². The number of imidazole rings is 1. The van der Waals surface area contributed by atoms with E-state index >= 15 is 0 Å². The maximum absolute atomic E-state index is 11.6. The molecule has 3 aromatic rings. The van der Waals surface area contributed by atoms with Crippen molar-refractivity contribution in [2.24, 2.45) is 0 Å². The molecule has 0 unspecified atom stereocenters. The van der Waals surface area contributed by atoms with Gasteiger partial charge in [0, 0.05) is 45.9 Å². The predicted octanol–water partition coefficient (Wildman–Crippen LogP) is 5.98. The molecule has 0 atom stereocenters. The molecular formula is C33H35Cl4N4O8+. The number of carbonyl (C=O) groups excluding carboxylic acids is 4. The highest BCUT2D eigenvalue weighted by atomic mass is 35.5. The Morgan fingerprint density at radius 2 is 1.10 bits per heavy atom. The number of fused-ring (bicyclic) bond motifs is 2. The first-order valence-electron chi connectivity index (χ1n) is 15.2. The van der Waals surface area contributed by atoms with E-state index < -0.39 is 23.9 Å². The van der Waals surface area contributed by atoms with E-state index in [1.807, 2.05) is 37.2 Å². The second-order valence-electron chi connectivity index (χ2n) is 10.7. The fourth-order valence-electron chi connectivity index (χ4n) is 5.34. The average molecular weight is 757 g/mol. The molecule has 12 nitrogen and oxygen atoms in total. The third-order valence-corrected chi connectivity index (χ3v) is 8.72. The summed E-state index contributed by atoms with van der Waals surface area (Å²) in [7, 11) is 0. The zero-order valence-corrected chi connectivity index (χ0v) is 30.3. The number of halogens is 4. The lowest BCUT2D eigenvalue weighted by atomic mass is 10.2. The molecule has 49 heavy (non-hydrogen) atoms. The summed E-state index contributed by atoms with van der Waals surface area (Å²) >= 11 is 25.7. The Labute approximate surface area is 303 Å². The van der Waals surface area contributed by atoms with Crippen molar-refractivity contribution in [3.05, 3.63) is 68.2 Å². The van der Waals surface area contributed by atoms with E-state index in [1.165, 1.54) is 27.7 Å². The van der Waals surface area contributed by atoms with E-state index in [0.717, 1.165) is 0 Å². The lowest BCUT2D eigenvalue weighted by Crippen LogP contribution is -2.39. The van der Waals surface area contributed by atoms with Crippen LogP contribution in [0.5, 0.6) is 0 Å². The van der Waals surface area contributed by atoms with Gasteiger partial charge < -0.3 is 28.7 Å². The highest BCUT2D eigenvalue weighted by Crippen LogP contribution is 2.45. The molecule has 2 aromatic carbocycles. The molecule has 0 saturated heterocycles. The van der Waals surface area contributed by atoms with Crippen LogP contribution < -0.4 is 14.4 Å². The van der Waals surface area contributed by atoms with Gasteiger partial charge in [0.25, 0.3) is 5.82 Å². The number of ether oxygens (including phenoxy) is 4. The van der Waals surface area contributed by atoms with Crippen molar-refractivity contribution in [1.29, 1.82) is 0 Å². The molecule has 0 radical (unpaired) electrons. The Morgan fingerprint density at radius 1 is 0.653 bits per heavy atom. The van der Waals surface area contributed by atoms with Gasteiger partial charge in [-0.3, -0.25) is 19.2 Å². The summed E-state index contributed by atoms with van der Waals surface area (Å²) in [6, 6.07) is 6.89. The fraction of sp³-hybridized carbons (Fsp3) is 0.364. The molecule has 0 N–H and O–H groups in total. The minimum atomic E-state index is -0.425. The van der Waals surface area contributed by atoms with E-state index in [0.29, 0.717) is 54.1 Å². The summed E-state index contributed by atoms with van der Waals surface area (Å²) in [6.07, 6.45) is 5.49. The predicted molar refractivity (Wildman–Crippen MR) is 187 cm³/mol. The Kier molecular flexibility index (Phi) is 13.2. The Morgan fingerprint density at radius 3 is 1.61 bits per heavy atom. The first-order valence-corrected chi connectivity index (χ1v) is 16.7. The zero-order valence-electron chi connectivity index (χ0n) is 27.3. The second kappa shape index (κ2) is 17.1. The lowest BCUT2D eigenvalue weighted by Gasteiger charge is -2.25. The molecule has 0 amide bonds. The maximum Gasteiger partial charge on any atom is 0.302 e. The summed E-state index contributed by atoms with van der Waals surface area (Å²) in [5.41, 5.74) is 2.83. The highest BCUT2D eigenvalue weighted by Gasteiger charge is 2.32. The number of nitrogens with zero attached hydrogens (tertiary/aromatic N) is 4. The molecule has 0 fully saturated rings. The lowest BCUT2D eigenvalue weighted by molar-refractivity contribution is -0.675. The number of anilines is 2. The standard InChI is InChI=1S/C33H35Cl4N4O8/c1-20(42)46-12-8-38-28-16-24(34)25(35)17-29(28)39(9-13-47-21(2)43)32(38)6-5-7-33-40(10-14-48-22(3)44)30-18-26(36)27(37)19-31(30)41(33)11-15-49-23(4)45/h5-7,16-19H,8-15H2,1-4H3/q+1. The first kappa shape index (κ1) is 37.8. The van der Waals surface area contributed by atoms with Gasteiger partial charge in [-0.2, -0.15) is 0 Å². The van der Waals surface area contributed by atoms with E-state index in [-0.39, 0.29) is 52.6 Å². The van der Waals surface area contributed by atoms with Gasteiger partial charge in [-0.1, -0.05) is 52.5 Å². The number of benzene rings is 2. The number of hydrogen-bond donors (Lipinski definition) is 0. The molecule has 0 bridgehead atoms. The minimum Gasteiger partial charge on any atom is -0.464 e. The van der Waals surface area contributed by atoms with Crippen LogP contribution in [0.25, 0.3) is 17.1 Å². The summed E-state index contributed by atoms with van der Waals surface area (Å²) in [6.45, 7) is 6.74. The zero-order chi connectivity index (χ0) is 35.8. The van der Waals surface area contributed by atoms with Crippen LogP contribution in [0.2, 0.25) is 20.1 Å². The number of hydrogen-bond acceptors (Lipinski definition) is 10. The smallest absolute Gasteiger partial charge is 0.302 e. The molecule has 0 aliphatic carbocycles. The molecule has 1 aliphatic heterocycles. The van der Waals surface area contributed by atoms with Crippen molar-refractivity contribution in [3.8, 4) is 0 Å². The Balaban J connectivity index is 1.85. The maximum atomic E-state index is 11.6. The van der Waals surface area contributed by atoms with Gasteiger partial charge in [0.1, 0.15) is 45.3 Å². The normalized spacial score (nSPS) is 12.4. The van der Waals surface area contributed by atoms with Gasteiger partial charge >= 0.3 is 23.9 Å². The van der Waals surface area contributed by atoms with Crippen LogP contribution in [0.4, 0.5) is 11.4 Å². The fourth-order valence-corrected chi connectivity index (χ4v) is 5.98. The van der Waals surface area contributed by atoms with E-state index in [2.05, 4.69) is 0 Å². The Hall–Kier alpha value is -3.97. The molecule has 0 spiro atoms. The first-order chi connectivity index (χ1) is 23.3. The van der Waals surface area contributed by atoms with Crippen LogP contribution in [0.3, 0.4) is 0 Å². The number of rotatable bonds is 14. The Bertz CT molecular complexity index is 1710. The third kappa shape index (κ3) is 9.60. The summed E-state index contributed by atoms with van der Waals surface area (Å²) in [4.78, 5) is 50.3. The number of allylic oxidation sites excluding steroid dienone is 2. The van der Waals surface area contributed by atoms with Gasteiger partial charge in [-0.15, -0.1) is 0 Å². The third-order valence-electron chi connectivity index (χ3n) is 7.28. The molecule has 4 rings (SSSR count). The molecule has 16 heteroatoms. The molecule has 1 aromatic heterocycles. The molecule has 2 heterocycles. The molecule has 262 valence electrons. The second-order valence-corrected chi connectivity index (χ2v) is 12.3. The van der Waals surface area contributed by atoms with Crippen LogP contribution in [-0.2, 0) is 51.2 Å².